The van der Waals surface area contributed by atoms with Gasteiger partial charge in [-0.1, -0.05) is 12.6 Å². The quantitative estimate of drug-likeness (QED) is 0.482. The number of nitrogens with zero attached hydrogens (tertiary/aromatic N) is 5. The molecular formula is C24H23FN6O2. The zero-order valence-corrected chi connectivity index (χ0v) is 18.4. The summed E-state index contributed by atoms with van der Waals surface area (Å²) in [4.78, 5) is 24.9. The van der Waals surface area contributed by atoms with Crippen molar-refractivity contribution in [2.45, 2.75) is 6.92 Å². The Kier molecular flexibility index (Phi) is 5.16. The molecule has 1 saturated heterocycles. The predicted octanol–water partition coefficient (Wildman–Crippen LogP) is 3.62. The molecular weight excluding hydrogens is 423 g/mol. The molecule has 0 bridgehead atoms. The van der Waals surface area contributed by atoms with E-state index in [1.54, 1.807) is 7.11 Å². The largest absolute Gasteiger partial charge is 0.481 e. The van der Waals surface area contributed by atoms with Gasteiger partial charge in [0, 0.05) is 49.4 Å². The highest BCUT2D eigenvalue weighted by Gasteiger charge is 2.25. The normalized spacial score (nSPS) is 14.2. The van der Waals surface area contributed by atoms with Crippen molar-refractivity contribution < 1.29 is 13.9 Å². The van der Waals surface area contributed by atoms with Gasteiger partial charge in [-0.2, -0.15) is 5.10 Å². The van der Waals surface area contributed by atoms with Crippen LogP contribution < -0.4 is 9.64 Å². The van der Waals surface area contributed by atoms with Gasteiger partial charge in [-0.05, 0) is 30.2 Å². The number of carbonyl (C=O) groups is 1. The summed E-state index contributed by atoms with van der Waals surface area (Å²) >= 11 is 0. The Labute approximate surface area is 189 Å². The Hall–Kier alpha value is -4.01. The molecule has 3 aromatic heterocycles. The van der Waals surface area contributed by atoms with Crippen LogP contribution in [0.3, 0.4) is 0 Å². The molecule has 0 saturated carbocycles. The van der Waals surface area contributed by atoms with Crippen LogP contribution in [-0.4, -0.2) is 64.3 Å². The molecule has 0 radical (unpaired) electrons. The number of aromatic amines is 1. The Morgan fingerprint density at radius 2 is 1.97 bits per heavy atom. The minimum atomic E-state index is -0.934. The van der Waals surface area contributed by atoms with E-state index >= 15 is 0 Å². The summed E-state index contributed by atoms with van der Waals surface area (Å²) in [6.07, 6.45) is 3.67. The molecule has 0 unspecified atom stereocenters. The smallest absolute Gasteiger partial charge is 0.282 e. The number of benzene rings is 1. The number of nitrogens with one attached hydrogen (secondary N) is 1. The van der Waals surface area contributed by atoms with Gasteiger partial charge < -0.3 is 14.5 Å². The van der Waals surface area contributed by atoms with Gasteiger partial charge in [0.15, 0.2) is 5.83 Å². The summed E-state index contributed by atoms with van der Waals surface area (Å²) in [7, 11) is 1.58. The summed E-state index contributed by atoms with van der Waals surface area (Å²) < 4.78 is 18.7. The Morgan fingerprint density at radius 3 is 2.70 bits per heavy atom. The van der Waals surface area contributed by atoms with E-state index in [1.807, 2.05) is 30.6 Å². The van der Waals surface area contributed by atoms with Crippen molar-refractivity contribution in [3.63, 3.8) is 0 Å². The molecule has 1 N–H and O–H groups in total. The monoisotopic (exact) mass is 446 g/mol. The fourth-order valence-electron chi connectivity index (χ4n) is 4.39. The van der Waals surface area contributed by atoms with Crippen LogP contribution >= 0.6 is 0 Å². The van der Waals surface area contributed by atoms with E-state index in [2.05, 4.69) is 39.7 Å². The lowest BCUT2D eigenvalue weighted by atomic mass is 9.98. The fraction of sp³-hybridized carbons (Fsp3) is 0.250. The van der Waals surface area contributed by atoms with Crippen molar-refractivity contribution >= 4 is 33.5 Å². The molecule has 0 spiro atoms. The number of rotatable bonds is 4. The van der Waals surface area contributed by atoms with Crippen LogP contribution in [0.2, 0.25) is 0 Å². The number of aryl methyl sites for hydroxylation is 1. The second-order valence-corrected chi connectivity index (χ2v) is 8.05. The minimum absolute atomic E-state index is 0.396. The predicted molar refractivity (Wildman–Crippen MR) is 125 cm³/mol. The van der Waals surface area contributed by atoms with Gasteiger partial charge >= 0.3 is 0 Å². The topological polar surface area (TPSA) is 87.2 Å². The van der Waals surface area contributed by atoms with Crippen molar-refractivity contribution in [2.24, 2.45) is 0 Å². The number of halogens is 1. The Morgan fingerprint density at radius 1 is 1.18 bits per heavy atom. The molecule has 1 amide bonds. The van der Waals surface area contributed by atoms with Crippen LogP contribution in [0.1, 0.15) is 5.56 Å². The van der Waals surface area contributed by atoms with E-state index in [0.29, 0.717) is 37.6 Å². The molecule has 0 aliphatic carbocycles. The van der Waals surface area contributed by atoms with Crippen molar-refractivity contribution in [3.05, 3.63) is 54.6 Å². The third-order valence-electron chi connectivity index (χ3n) is 6.07. The second-order valence-electron chi connectivity index (χ2n) is 8.05. The molecule has 1 aliphatic rings. The van der Waals surface area contributed by atoms with E-state index in [0.717, 1.165) is 38.8 Å². The number of hydrogen-bond acceptors (Lipinski definition) is 6. The highest BCUT2D eigenvalue weighted by atomic mass is 19.1. The maximum atomic E-state index is 13.2. The number of aromatic nitrogens is 4. The number of carbonyl (C=O) groups excluding carboxylic acids is 1. The lowest BCUT2D eigenvalue weighted by Crippen LogP contribution is -2.49. The molecule has 168 valence electrons. The number of piperazine rings is 1. The number of hydrogen-bond donors (Lipinski definition) is 1. The number of pyridine rings is 2. The number of anilines is 1. The third kappa shape index (κ3) is 3.65. The lowest BCUT2D eigenvalue weighted by molar-refractivity contribution is -0.128. The summed E-state index contributed by atoms with van der Waals surface area (Å²) in [5.74, 6) is -1.11. The molecule has 0 atom stereocenters. The number of fused-ring (bicyclic) bond motifs is 2. The van der Waals surface area contributed by atoms with Crippen molar-refractivity contribution in [3.8, 4) is 17.0 Å². The molecule has 9 heteroatoms. The average molecular weight is 446 g/mol. The van der Waals surface area contributed by atoms with Crippen LogP contribution in [-0.2, 0) is 4.79 Å². The maximum Gasteiger partial charge on any atom is 0.282 e. The van der Waals surface area contributed by atoms with Crippen LogP contribution in [0.25, 0.3) is 33.1 Å². The van der Waals surface area contributed by atoms with Gasteiger partial charge in [-0.25, -0.2) is 9.37 Å². The third-order valence-corrected chi connectivity index (χ3v) is 6.07. The zero-order valence-electron chi connectivity index (χ0n) is 18.4. The summed E-state index contributed by atoms with van der Waals surface area (Å²) in [6.45, 7) is 7.05. The molecule has 1 fully saturated rings. The first-order valence-electron chi connectivity index (χ1n) is 10.6. The number of methoxy groups -OCH3 is 1. The first kappa shape index (κ1) is 20.9. The van der Waals surface area contributed by atoms with Crippen molar-refractivity contribution in [1.29, 1.82) is 0 Å². The number of ether oxygens (including phenoxy) is 1. The van der Waals surface area contributed by atoms with Crippen molar-refractivity contribution in [2.75, 3.05) is 38.2 Å². The molecule has 8 nitrogen and oxygen atoms in total. The molecule has 33 heavy (non-hydrogen) atoms. The lowest BCUT2D eigenvalue weighted by Gasteiger charge is -2.36. The zero-order chi connectivity index (χ0) is 23.1. The van der Waals surface area contributed by atoms with Crippen LogP contribution in [0, 0.1) is 6.92 Å². The van der Waals surface area contributed by atoms with E-state index in [9.17, 15) is 9.18 Å². The second kappa shape index (κ2) is 8.16. The van der Waals surface area contributed by atoms with Gasteiger partial charge in [0.2, 0.25) is 5.88 Å². The average Bonchev–Trinajstić information content (AvgIpc) is 3.31. The molecule has 4 aromatic rings. The van der Waals surface area contributed by atoms with E-state index in [-0.39, 0.29) is 0 Å². The minimum Gasteiger partial charge on any atom is -0.481 e. The van der Waals surface area contributed by atoms with Gasteiger partial charge in [0.05, 0.1) is 30.0 Å². The van der Waals surface area contributed by atoms with Crippen LogP contribution in [0.5, 0.6) is 5.88 Å². The Balaban J connectivity index is 1.55. The number of amides is 1. The van der Waals surface area contributed by atoms with Crippen molar-refractivity contribution in [1.82, 2.24) is 25.1 Å². The standard InChI is InChI=1S/C24H23FN6O2/c1-14-4-5-18-17(13-27-29-18)22(14)16-10-19-23(26-12-16)20(11-21(28-19)33-3)30-6-8-31(9-7-30)24(32)15(2)25/h4-5,10-13H,2,6-9H2,1,3H3,(H,27,29). The Bertz CT molecular complexity index is 1390. The van der Waals surface area contributed by atoms with Gasteiger partial charge in [0.25, 0.3) is 5.91 Å². The number of H-pyrrole nitrogens is 1. The maximum absolute atomic E-state index is 13.2. The van der Waals surface area contributed by atoms with Gasteiger partial charge in [0.1, 0.15) is 5.52 Å². The molecule has 1 aromatic carbocycles. The SMILES string of the molecule is C=C(F)C(=O)N1CCN(c2cc(OC)nc3cc(-c4c(C)ccc5[nH]ncc45)cnc23)CC1. The first-order valence-corrected chi connectivity index (χ1v) is 10.6. The highest BCUT2D eigenvalue weighted by molar-refractivity contribution is 5.99. The fourth-order valence-corrected chi connectivity index (χ4v) is 4.39. The molecule has 4 heterocycles. The van der Waals surface area contributed by atoms with E-state index in [4.69, 9.17) is 9.72 Å². The molecule has 5 rings (SSSR count). The van der Waals surface area contributed by atoms with Crippen LogP contribution in [0.4, 0.5) is 10.1 Å². The molecule has 1 aliphatic heterocycles. The van der Waals surface area contributed by atoms with Gasteiger partial charge in [-0.3, -0.25) is 14.9 Å². The first-order chi connectivity index (χ1) is 16.0. The van der Waals surface area contributed by atoms with E-state index in [1.165, 1.54) is 4.90 Å². The van der Waals surface area contributed by atoms with Crippen LogP contribution in [0.15, 0.2) is 49.1 Å². The summed E-state index contributed by atoms with van der Waals surface area (Å²) in [5.41, 5.74) is 6.38. The van der Waals surface area contributed by atoms with E-state index < -0.39 is 11.7 Å². The highest BCUT2D eigenvalue weighted by Crippen LogP contribution is 2.35. The van der Waals surface area contributed by atoms with Gasteiger partial charge in [-0.15, -0.1) is 0 Å². The summed E-state index contributed by atoms with van der Waals surface area (Å²) in [6, 6.07) is 7.92. The summed E-state index contributed by atoms with van der Waals surface area (Å²) in [5, 5.41) is 8.21.